The van der Waals surface area contributed by atoms with Crippen LogP contribution in [0.4, 0.5) is 0 Å². The fourth-order valence-electron chi connectivity index (χ4n) is 3.46. The monoisotopic (exact) mass is 463 g/mol. The van der Waals surface area contributed by atoms with E-state index in [1.54, 1.807) is 0 Å². The summed E-state index contributed by atoms with van der Waals surface area (Å²) in [4.78, 5) is 18.1. The van der Waals surface area contributed by atoms with Crippen molar-refractivity contribution in [2.45, 2.75) is 46.0 Å². The van der Waals surface area contributed by atoms with Crippen LogP contribution < -0.4 is 19.6 Å². The Morgan fingerprint density at radius 2 is 1.76 bits per heavy atom. The van der Waals surface area contributed by atoms with Gasteiger partial charge in [-0.2, -0.15) is 9.50 Å². The first kappa shape index (κ1) is 23.0. The maximum atomic E-state index is 12.9. The van der Waals surface area contributed by atoms with E-state index in [-0.39, 0.29) is 5.56 Å². The molecule has 0 aliphatic rings. The first-order valence-corrected chi connectivity index (χ1v) is 12.4. The normalized spacial score (nSPS) is 11.9. The highest BCUT2D eigenvalue weighted by Crippen LogP contribution is 2.22. The molecule has 0 spiro atoms. The molecule has 7 heteroatoms. The Bertz CT molecular complexity index is 1290. The molecule has 0 N–H and O–H groups in total. The molecule has 0 saturated heterocycles. The molecule has 33 heavy (non-hydrogen) atoms. The van der Waals surface area contributed by atoms with Crippen molar-refractivity contribution in [1.29, 1.82) is 0 Å². The van der Waals surface area contributed by atoms with Crippen LogP contribution >= 0.6 is 11.3 Å². The number of unbranched alkanes of at least 4 members (excludes halogenated alkanes) is 3. The number of benzene rings is 2. The third-order valence-corrected chi connectivity index (χ3v) is 6.19. The lowest BCUT2D eigenvalue weighted by atomic mass is 10.2. The van der Waals surface area contributed by atoms with Crippen LogP contribution in [0.5, 0.6) is 11.5 Å². The van der Waals surface area contributed by atoms with E-state index >= 15 is 0 Å². The van der Waals surface area contributed by atoms with Crippen molar-refractivity contribution in [3.8, 4) is 22.9 Å². The maximum absolute atomic E-state index is 12.9. The minimum Gasteiger partial charge on any atom is -0.494 e. The molecule has 4 rings (SSSR count). The van der Waals surface area contributed by atoms with Crippen molar-refractivity contribution >= 4 is 22.4 Å². The van der Waals surface area contributed by atoms with Crippen molar-refractivity contribution in [3.05, 3.63) is 69.0 Å². The van der Waals surface area contributed by atoms with Crippen LogP contribution in [0.3, 0.4) is 0 Å². The fraction of sp³-hybridized carbons (Fsp3) is 0.346. The quantitative estimate of drug-likeness (QED) is 0.289. The Kier molecular flexibility index (Phi) is 7.73. The van der Waals surface area contributed by atoms with Gasteiger partial charge < -0.3 is 9.47 Å². The number of hydrogen-bond acceptors (Lipinski definition) is 6. The first-order chi connectivity index (χ1) is 16.2. The van der Waals surface area contributed by atoms with Gasteiger partial charge in [0.05, 0.1) is 17.7 Å². The summed E-state index contributed by atoms with van der Waals surface area (Å²) in [6.07, 6.45) is 7.49. The highest BCUT2D eigenvalue weighted by atomic mass is 32.1. The molecule has 2 aromatic carbocycles. The van der Waals surface area contributed by atoms with Gasteiger partial charge in [-0.15, -0.1) is 5.10 Å². The predicted molar refractivity (Wildman–Crippen MR) is 133 cm³/mol. The van der Waals surface area contributed by atoms with Gasteiger partial charge in [0, 0.05) is 11.1 Å². The molecule has 2 aromatic heterocycles. The molecule has 0 atom stereocenters. The number of ether oxygens (including phenoxy) is 2. The topological polar surface area (TPSA) is 65.7 Å². The zero-order valence-electron chi connectivity index (χ0n) is 19.1. The molecular formula is C26H29N3O3S. The van der Waals surface area contributed by atoms with Gasteiger partial charge in [0.15, 0.2) is 5.82 Å². The fourth-order valence-corrected chi connectivity index (χ4v) is 4.36. The summed E-state index contributed by atoms with van der Waals surface area (Å²) < 4.78 is 13.6. The Morgan fingerprint density at radius 3 is 2.52 bits per heavy atom. The van der Waals surface area contributed by atoms with Gasteiger partial charge in [-0.1, -0.05) is 62.6 Å². The molecule has 0 fully saturated rings. The van der Waals surface area contributed by atoms with Crippen molar-refractivity contribution in [1.82, 2.24) is 14.6 Å². The summed E-state index contributed by atoms with van der Waals surface area (Å²) >= 11 is 1.33. The van der Waals surface area contributed by atoms with Crippen molar-refractivity contribution in [2.75, 3.05) is 13.2 Å². The largest absolute Gasteiger partial charge is 0.494 e. The second kappa shape index (κ2) is 11.1. The van der Waals surface area contributed by atoms with Crippen LogP contribution in [-0.2, 0) is 0 Å². The van der Waals surface area contributed by atoms with Crippen LogP contribution in [0.2, 0.25) is 0 Å². The SMILES string of the molecule is CCCCCCOc1ccc(-c2nc3s/c(=C\c4ccccc4OCCC)c(=O)n3n2)cc1. The minimum absolute atomic E-state index is 0.175. The molecule has 0 unspecified atom stereocenters. The number of thiazole rings is 1. The summed E-state index contributed by atoms with van der Waals surface area (Å²) in [6, 6.07) is 15.4. The lowest BCUT2D eigenvalue weighted by molar-refractivity contribution is 0.305. The van der Waals surface area contributed by atoms with Crippen molar-refractivity contribution in [2.24, 2.45) is 0 Å². The van der Waals surface area contributed by atoms with E-state index in [2.05, 4.69) is 23.9 Å². The summed E-state index contributed by atoms with van der Waals surface area (Å²) in [6.45, 7) is 5.62. The number of aromatic nitrogens is 3. The molecule has 6 nitrogen and oxygen atoms in total. The van der Waals surface area contributed by atoms with Gasteiger partial charge in [0.1, 0.15) is 11.5 Å². The zero-order chi connectivity index (χ0) is 23.0. The average molecular weight is 464 g/mol. The Hall–Kier alpha value is -3.19. The zero-order valence-corrected chi connectivity index (χ0v) is 19.9. The third-order valence-electron chi connectivity index (χ3n) is 5.23. The number of rotatable bonds is 11. The maximum Gasteiger partial charge on any atom is 0.291 e. The first-order valence-electron chi connectivity index (χ1n) is 11.6. The van der Waals surface area contributed by atoms with Gasteiger partial charge in [-0.25, -0.2) is 0 Å². The molecule has 172 valence electrons. The van der Waals surface area contributed by atoms with Gasteiger partial charge in [-0.3, -0.25) is 4.79 Å². The molecule has 0 aliphatic heterocycles. The second-order valence-electron chi connectivity index (χ2n) is 7.87. The van der Waals surface area contributed by atoms with Gasteiger partial charge in [0.25, 0.3) is 5.56 Å². The lowest BCUT2D eigenvalue weighted by Gasteiger charge is -2.07. The van der Waals surface area contributed by atoms with Gasteiger partial charge in [-0.05, 0) is 49.2 Å². The number of fused-ring (bicyclic) bond motifs is 1. The molecular weight excluding hydrogens is 434 g/mol. The van der Waals surface area contributed by atoms with E-state index < -0.39 is 0 Å². The van der Waals surface area contributed by atoms with E-state index in [0.29, 0.717) is 21.9 Å². The average Bonchev–Trinajstić information content (AvgIpc) is 3.38. The highest BCUT2D eigenvalue weighted by Gasteiger charge is 2.13. The van der Waals surface area contributed by atoms with E-state index in [0.717, 1.165) is 42.1 Å². The highest BCUT2D eigenvalue weighted by molar-refractivity contribution is 7.15. The molecule has 2 heterocycles. The molecule has 0 saturated carbocycles. The third kappa shape index (κ3) is 5.60. The molecule has 0 amide bonds. The second-order valence-corrected chi connectivity index (χ2v) is 8.87. The predicted octanol–water partition coefficient (Wildman–Crippen LogP) is 5.11. The van der Waals surface area contributed by atoms with Gasteiger partial charge in [0.2, 0.25) is 4.96 Å². The molecule has 0 aliphatic carbocycles. The van der Waals surface area contributed by atoms with Crippen molar-refractivity contribution < 1.29 is 9.47 Å². The smallest absolute Gasteiger partial charge is 0.291 e. The molecule has 0 bridgehead atoms. The van der Waals surface area contributed by atoms with Crippen LogP contribution in [0.15, 0.2) is 53.3 Å². The Labute approximate surface area is 197 Å². The van der Waals surface area contributed by atoms with Crippen LogP contribution in [0.25, 0.3) is 22.4 Å². The summed E-state index contributed by atoms with van der Waals surface area (Å²) in [7, 11) is 0. The summed E-state index contributed by atoms with van der Waals surface area (Å²) in [5.41, 5.74) is 1.55. The van der Waals surface area contributed by atoms with Crippen LogP contribution in [0, 0.1) is 0 Å². The van der Waals surface area contributed by atoms with E-state index in [9.17, 15) is 4.79 Å². The van der Waals surface area contributed by atoms with E-state index in [4.69, 9.17) is 9.47 Å². The lowest BCUT2D eigenvalue weighted by Crippen LogP contribution is -2.23. The van der Waals surface area contributed by atoms with Crippen LogP contribution in [-0.4, -0.2) is 27.8 Å². The number of hydrogen-bond donors (Lipinski definition) is 0. The van der Waals surface area contributed by atoms with E-state index in [1.165, 1.54) is 35.1 Å². The number of para-hydroxylation sites is 1. The Balaban J connectivity index is 1.52. The summed E-state index contributed by atoms with van der Waals surface area (Å²) in [5, 5.41) is 4.45. The summed E-state index contributed by atoms with van der Waals surface area (Å²) in [5.74, 6) is 2.14. The Morgan fingerprint density at radius 1 is 0.939 bits per heavy atom. The molecule has 0 radical (unpaired) electrons. The van der Waals surface area contributed by atoms with Crippen molar-refractivity contribution in [3.63, 3.8) is 0 Å². The van der Waals surface area contributed by atoms with Crippen LogP contribution in [0.1, 0.15) is 51.5 Å². The standard InChI is InChI=1S/C26H29N3O3S/c1-3-5-6-9-17-31-21-14-12-19(13-15-21)24-27-26-29(28-24)25(30)23(33-26)18-20-10-7-8-11-22(20)32-16-4-2/h7-8,10-15,18H,3-6,9,16-17H2,1-2H3/b23-18-. The van der Waals surface area contributed by atoms with E-state index in [1.807, 2.05) is 54.6 Å². The molecule has 4 aromatic rings. The number of nitrogens with zero attached hydrogens (tertiary/aromatic N) is 3. The minimum atomic E-state index is -0.175. The van der Waals surface area contributed by atoms with Gasteiger partial charge >= 0.3 is 0 Å².